The Morgan fingerprint density at radius 2 is 1.85 bits per heavy atom. The largest absolute Gasteiger partial charge is 0.278 e. The van der Waals surface area contributed by atoms with Gasteiger partial charge in [-0.25, -0.2) is 9.67 Å². The zero-order valence-electron chi connectivity index (χ0n) is 11.7. The number of nitrogens with one attached hydrogen (secondary N) is 1. The van der Waals surface area contributed by atoms with Crippen molar-refractivity contribution in [1.29, 1.82) is 0 Å². The lowest BCUT2D eigenvalue weighted by Crippen LogP contribution is -1.98. The van der Waals surface area contributed by atoms with Gasteiger partial charge in [0.05, 0.1) is 11.4 Å². The van der Waals surface area contributed by atoms with Gasteiger partial charge in [-0.15, -0.1) is 5.10 Å². The van der Waals surface area contributed by atoms with Crippen LogP contribution in [-0.4, -0.2) is 39.2 Å². The molecule has 1 N–H and O–H groups in total. The molecule has 0 bridgehead atoms. The summed E-state index contributed by atoms with van der Waals surface area (Å²) in [4.78, 5) is 4.46. The van der Waals surface area contributed by atoms with E-state index in [1.807, 2.05) is 43.0 Å². The Bertz CT molecular complexity index is 947. The monoisotopic (exact) mass is 270 g/mol. The van der Waals surface area contributed by atoms with Crippen LogP contribution in [0.3, 0.4) is 0 Å². The summed E-state index contributed by atoms with van der Waals surface area (Å²) < 4.78 is 5.38. The molecule has 0 radical (unpaired) electrons. The molecule has 0 amide bonds. The van der Waals surface area contributed by atoms with Crippen molar-refractivity contribution >= 4 is 11.3 Å². The predicted molar refractivity (Wildman–Crippen MR) is 72.2 cm³/mol. The molecule has 102 valence electrons. The molecular formula is C12H14N8. The smallest absolute Gasteiger partial charge is 0.201 e. The second kappa shape index (κ2) is 3.47. The second-order valence-corrected chi connectivity index (χ2v) is 4.99. The van der Waals surface area contributed by atoms with Crippen molar-refractivity contribution in [2.75, 3.05) is 0 Å². The van der Waals surface area contributed by atoms with Crippen molar-refractivity contribution in [3.63, 3.8) is 0 Å². The van der Waals surface area contributed by atoms with Crippen LogP contribution in [0.5, 0.6) is 0 Å². The molecule has 4 rings (SSSR count). The summed E-state index contributed by atoms with van der Waals surface area (Å²) in [6.45, 7) is 7.76. The summed E-state index contributed by atoms with van der Waals surface area (Å²) in [5, 5.41) is 16.5. The highest BCUT2D eigenvalue weighted by atomic mass is 15.5. The molecule has 8 nitrogen and oxygen atoms in total. The highest BCUT2D eigenvalue weighted by Gasteiger charge is 2.19. The molecule has 4 heterocycles. The first kappa shape index (κ1) is 11.2. The number of aromatic amines is 1. The van der Waals surface area contributed by atoms with Gasteiger partial charge in [0.25, 0.3) is 0 Å². The maximum absolute atomic E-state index is 4.57. The number of nitrogens with zero attached hydrogens (tertiary/aromatic N) is 7. The number of H-pyrrole nitrogens is 1. The van der Waals surface area contributed by atoms with Crippen LogP contribution >= 0.6 is 0 Å². The van der Waals surface area contributed by atoms with Crippen molar-refractivity contribution in [3.8, 4) is 5.69 Å². The Morgan fingerprint density at radius 3 is 2.65 bits per heavy atom. The molecule has 20 heavy (non-hydrogen) atoms. The normalized spacial score (nSPS) is 12.0. The third-order valence-electron chi connectivity index (χ3n) is 3.35. The van der Waals surface area contributed by atoms with E-state index < -0.39 is 0 Å². The SMILES string of the molecule is Cc1cc2n(-c3c(C)[nH]n4nc(C)nc34)nc(C)n2n1. The third-order valence-corrected chi connectivity index (χ3v) is 3.35. The summed E-state index contributed by atoms with van der Waals surface area (Å²) in [6.07, 6.45) is 0. The number of fused-ring (bicyclic) bond motifs is 2. The van der Waals surface area contributed by atoms with E-state index in [0.29, 0.717) is 0 Å². The highest BCUT2D eigenvalue weighted by molar-refractivity contribution is 5.65. The van der Waals surface area contributed by atoms with E-state index in [0.717, 1.165) is 40.0 Å². The Kier molecular flexibility index (Phi) is 1.94. The lowest BCUT2D eigenvalue weighted by atomic mass is 10.4. The van der Waals surface area contributed by atoms with E-state index in [2.05, 4.69) is 25.4 Å². The average molecular weight is 270 g/mol. The van der Waals surface area contributed by atoms with E-state index in [1.54, 1.807) is 4.63 Å². The van der Waals surface area contributed by atoms with Gasteiger partial charge >= 0.3 is 0 Å². The Balaban J connectivity index is 2.12. The van der Waals surface area contributed by atoms with Crippen molar-refractivity contribution < 1.29 is 0 Å². The first-order chi connectivity index (χ1) is 9.54. The van der Waals surface area contributed by atoms with E-state index in [4.69, 9.17) is 0 Å². The van der Waals surface area contributed by atoms with Gasteiger partial charge in [0.2, 0.25) is 5.65 Å². The van der Waals surface area contributed by atoms with Gasteiger partial charge in [-0.3, -0.25) is 5.10 Å². The molecular weight excluding hydrogens is 256 g/mol. The number of aromatic nitrogens is 8. The molecule has 0 unspecified atom stereocenters. The minimum Gasteiger partial charge on any atom is -0.278 e. The van der Waals surface area contributed by atoms with Gasteiger partial charge in [0.1, 0.15) is 17.3 Å². The van der Waals surface area contributed by atoms with Crippen molar-refractivity contribution in [2.45, 2.75) is 27.7 Å². The van der Waals surface area contributed by atoms with Crippen LogP contribution in [-0.2, 0) is 0 Å². The van der Waals surface area contributed by atoms with E-state index in [9.17, 15) is 0 Å². The van der Waals surface area contributed by atoms with Gasteiger partial charge in [-0.05, 0) is 27.7 Å². The fourth-order valence-corrected chi connectivity index (χ4v) is 2.56. The van der Waals surface area contributed by atoms with Gasteiger partial charge in [0, 0.05) is 6.07 Å². The zero-order chi connectivity index (χ0) is 14.0. The average Bonchev–Trinajstić information content (AvgIpc) is 3.03. The van der Waals surface area contributed by atoms with Crippen LogP contribution in [0.25, 0.3) is 17.0 Å². The molecule has 0 aromatic carbocycles. The standard InChI is InChI=1S/C12H14N8/c1-6-5-10-18(14-6)9(4)17-19(10)11-7(2)15-20-12(11)13-8(3)16-20/h5,15H,1-4H3. The lowest BCUT2D eigenvalue weighted by Gasteiger charge is -1.98. The fraction of sp³-hybridized carbons (Fsp3) is 0.333. The maximum atomic E-state index is 4.57. The highest BCUT2D eigenvalue weighted by Crippen LogP contribution is 2.21. The van der Waals surface area contributed by atoms with Crippen LogP contribution in [0, 0.1) is 27.7 Å². The predicted octanol–water partition coefficient (Wildman–Crippen LogP) is 1.12. The number of rotatable bonds is 1. The molecule has 0 atom stereocenters. The molecule has 0 saturated carbocycles. The maximum Gasteiger partial charge on any atom is 0.201 e. The summed E-state index contributed by atoms with van der Waals surface area (Å²) in [6, 6.07) is 2.01. The fourth-order valence-electron chi connectivity index (χ4n) is 2.56. The van der Waals surface area contributed by atoms with Gasteiger partial charge in [-0.2, -0.15) is 19.3 Å². The van der Waals surface area contributed by atoms with Gasteiger partial charge < -0.3 is 0 Å². The van der Waals surface area contributed by atoms with Crippen LogP contribution in [0.1, 0.15) is 23.0 Å². The molecule has 0 fully saturated rings. The van der Waals surface area contributed by atoms with E-state index in [-0.39, 0.29) is 0 Å². The lowest BCUT2D eigenvalue weighted by molar-refractivity contribution is 0.792. The second-order valence-electron chi connectivity index (χ2n) is 4.99. The number of aryl methyl sites for hydroxylation is 4. The van der Waals surface area contributed by atoms with E-state index >= 15 is 0 Å². The summed E-state index contributed by atoms with van der Waals surface area (Å²) in [5.74, 6) is 1.56. The minimum atomic E-state index is 0.724. The minimum absolute atomic E-state index is 0.724. The first-order valence-electron chi connectivity index (χ1n) is 6.39. The van der Waals surface area contributed by atoms with Crippen molar-refractivity contribution in [3.05, 3.63) is 29.1 Å². The summed E-state index contributed by atoms with van der Waals surface area (Å²) in [7, 11) is 0. The quantitative estimate of drug-likeness (QED) is 0.562. The van der Waals surface area contributed by atoms with Crippen LogP contribution in [0.2, 0.25) is 0 Å². The molecule has 4 aromatic rings. The number of hydrogen-bond donors (Lipinski definition) is 1. The van der Waals surface area contributed by atoms with E-state index in [1.165, 1.54) is 0 Å². The topological polar surface area (TPSA) is 81.1 Å². The third kappa shape index (κ3) is 1.30. The molecule has 0 saturated heterocycles. The van der Waals surface area contributed by atoms with Crippen LogP contribution < -0.4 is 0 Å². The summed E-state index contributed by atoms with van der Waals surface area (Å²) in [5.41, 5.74) is 4.52. The molecule has 0 aliphatic rings. The molecule has 0 aliphatic carbocycles. The van der Waals surface area contributed by atoms with Gasteiger partial charge in [-0.1, -0.05) is 0 Å². The number of hydrogen-bond acceptors (Lipinski definition) is 4. The molecule has 0 spiro atoms. The van der Waals surface area contributed by atoms with Crippen molar-refractivity contribution in [1.82, 2.24) is 39.2 Å². The van der Waals surface area contributed by atoms with Crippen molar-refractivity contribution in [2.24, 2.45) is 0 Å². The molecule has 4 aromatic heterocycles. The Labute approximate surface area is 114 Å². The molecule has 0 aliphatic heterocycles. The van der Waals surface area contributed by atoms with Crippen LogP contribution in [0.15, 0.2) is 6.07 Å². The van der Waals surface area contributed by atoms with Crippen LogP contribution in [0.4, 0.5) is 0 Å². The Hall–Kier alpha value is -2.64. The zero-order valence-corrected chi connectivity index (χ0v) is 11.7. The first-order valence-corrected chi connectivity index (χ1v) is 6.39. The molecule has 8 heteroatoms. The Morgan fingerprint density at radius 1 is 1.05 bits per heavy atom. The van der Waals surface area contributed by atoms with Gasteiger partial charge in [0.15, 0.2) is 5.65 Å². The summed E-state index contributed by atoms with van der Waals surface area (Å²) >= 11 is 0.